The number of rotatable bonds is 6. The number of aromatic nitrogens is 1. The molecule has 0 saturated heterocycles. The van der Waals surface area contributed by atoms with Gasteiger partial charge >= 0.3 is 0 Å². The molecule has 1 amide bonds. The Morgan fingerprint density at radius 3 is 2.48 bits per heavy atom. The lowest BCUT2D eigenvalue weighted by Crippen LogP contribution is -2.30. The molecule has 0 atom stereocenters. The Kier molecular flexibility index (Phi) is 5.81. The first-order chi connectivity index (χ1) is 11.6. The fourth-order valence-corrected chi connectivity index (χ4v) is 4.35. The predicted molar refractivity (Wildman–Crippen MR) is 98.0 cm³/mol. The molecule has 0 bridgehead atoms. The van der Waals surface area contributed by atoms with Gasteiger partial charge in [0.2, 0.25) is 10.0 Å². The van der Waals surface area contributed by atoms with E-state index in [0.717, 1.165) is 10.6 Å². The molecule has 2 N–H and O–H groups in total. The standard InChI is InChI=1S/C16H21N3O4S2/c1-9(2)19-25(21,22)14-8-12(6-7-13(14)23-5)15(20)18-16-17-10(3)11(4)24-16/h6-9,19H,1-5H3,(H,17,18,20). The summed E-state index contributed by atoms with van der Waals surface area (Å²) in [6.45, 7) is 7.21. The van der Waals surface area contributed by atoms with E-state index in [1.807, 2.05) is 13.8 Å². The van der Waals surface area contributed by atoms with E-state index in [-0.39, 0.29) is 22.3 Å². The van der Waals surface area contributed by atoms with E-state index < -0.39 is 15.9 Å². The molecule has 0 aliphatic heterocycles. The number of carbonyl (C=O) groups is 1. The first-order valence-electron chi connectivity index (χ1n) is 7.59. The molecule has 0 saturated carbocycles. The summed E-state index contributed by atoms with van der Waals surface area (Å²) in [5.41, 5.74) is 1.05. The van der Waals surface area contributed by atoms with Crippen LogP contribution in [-0.2, 0) is 10.0 Å². The van der Waals surface area contributed by atoms with Gasteiger partial charge in [0, 0.05) is 16.5 Å². The van der Waals surface area contributed by atoms with Crippen molar-refractivity contribution in [2.24, 2.45) is 0 Å². The van der Waals surface area contributed by atoms with E-state index in [0.29, 0.717) is 5.13 Å². The molecule has 0 fully saturated rings. The minimum Gasteiger partial charge on any atom is -0.495 e. The molecule has 9 heteroatoms. The fraction of sp³-hybridized carbons (Fsp3) is 0.375. The van der Waals surface area contributed by atoms with Crippen molar-refractivity contribution in [2.45, 2.75) is 38.6 Å². The summed E-state index contributed by atoms with van der Waals surface area (Å²) in [6, 6.07) is 3.98. The summed E-state index contributed by atoms with van der Waals surface area (Å²) in [5, 5.41) is 3.16. The molecule has 0 unspecified atom stereocenters. The molecule has 0 radical (unpaired) electrons. The minimum absolute atomic E-state index is 0.0807. The third-order valence-electron chi connectivity index (χ3n) is 3.36. The molecule has 136 valence electrons. The number of hydrogen-bond acceptors (Lipinski definition) is 6. The van der Waals surface area contributed by atoms with Crippen LogP contribution in [0.5, 0.6) is 5.75 Å². The van der Waals surface area contributed by atoms with E-state index in [9.17, 15) is 13.2 Å². The highest BCUT2D eigenvalue weighted by Gasteiger charge is 2.22. The van der Waals surface area contributed by atoms with Gasteiger partial charge in [-0.2, -0.15) is 0 Å². The van der Waals surface area contributed by atoms with Crippen LogP contribution in [0, 0.1) is 13.8 Å². The van der Waals surface area contributed by atoms with Crippen molar-refractivity contribution < 1.29 is 17.9 Å². The Morgan fingerprint density at radius 2 is 1.96 bits per heavy atom. The molecule has 7 nitrogen and oxygen atoms in total. The monoisotopic (exact) mass is 383 g/mol. The molecule has 1 aromatic carbocycles. The Hall–Kier alpha value is -1.97. The number of aryl methyl sites for hydroxylation is 2. The highest BCUT2D eigenvalue weighted by atomic mass is 32.2. The van der Waals surface area contributed by atoms with Crippen molar-refractivity contribution in [3.63, 3.8) is 0 Å². The number of hydrogen-bond donors (Lipinski definition) is 2. The predicted octanol–water partition coefficient (Wildman–Crippen LogP) is 2.71. The molecule has 1 aromatic heterocycles. The SMILES string of the molecule is COc1ccc(C(=O)Nc2nc(C)c(C)s2)cc1S(=O)(=O)NC(C)C. The number of carbonyl (C=O) groups excluding carboxylic acids is 1. The van der Waals surface area contributed by atoms with E-state index in [4.69, 9.17) is 4.74 Å². The van der Waals surface area contributed by atoms with Gasteiger partial charge in [-0.05, 0) is 45.9 Å². The Morgan fingerprint density at radius 1 is 1.28 bits per heavy atom. The van der Waals surface area contributed by atoms with Gasteiger partial charge in [-0.25, -0.2) is 18.1 Å². The normalized spacial score (nSPS) is 11.6. The topological polar surface area (TPSA) is 97.4 Å². The molecule has 0 aliphatic rings. The fourth-order valence-electron chi connectivity index (χ4n) is 2.10. The quantitative estimate of drug-likeness (QED) is 0.799. The van der Waals surface area contributed by atoms with Gasteiger partial charge in [0.1, 0.15) is 10.6 Å². The van der Waals surface area contributed by atoms with Crippen molar-refractivity contribution in [1.82, 2.24) is 9.71 Å². The van der Waals surface area contributed by atoms with E-state index >= 15 is 0 Å². The zero-order valence-corrected chi connectivity index (χ0v) is 16.3. The average Bonchev–Trinajstić information content (AvgIpc) is 2.83. The van der Waals surface area contributed by atoms with Crippen molar-refractivity contribution in [1.29, 1.82) is 0 Å². The van der Waals surface area contributed by atoms with Gasteiger partial charge in [-0.15, -0.1) is 11.3 Å². The molecule has 0 spiro atoms. The van der Waals surface area contributed by atoms with Crippen LogP contribution in [0.3, 0.4) is 0 Å². The minimum atomic E-state index is -3.80. The molecule has 0 aliphatic carbocycles. The van der Waals surface area contributed by atoms with Crippen LogP contribution in [-0.4, -0.2) is 32.5 Å². The van der Waals surface area contributed by atoms with E-state index in [2.05, 4.69) is 15.0 Å². The number of sulfonamides is 1. The van der Waals surface area contributed by atoms with Crippen molar-refractivity contribution in [3.05, 3.63) is 34.3 Å². The van der Waals surface area contributed by atoms with Gasteiger partial charge in [0.05, 0.1) is 12.8 Å². The zero-order chi connectivity index (χ0) is 18.8. The Bertz CT molecular complexity index is 869. The van der Waals surface area contributed by atoms with Crippen LogP contribution in [0.4, 0.5) is 5.13 Å². The summed E-state index contributed by atoms with van der Waals surface area (Å²) in [4.78, 5) is 17.6. The van der Waals surface area contributed by atoms with Crippen LogP contribution >= 0.6 is 11.3 Å². The van der Waals surface area contributed by atoms with Crippen molar-refractivity contribution in [3.8, 4) is 5.75 Å². The van der Waals surface area contributed by atoms with Gasteiger partial charge in [-0.3, -0.25) is 10.1 Å². The lowest BCUT2D eigenvalue weighted by atomic mass is 10.2. The third kappa shape index (κ3) is 4.56. The van der Waals surface area contributed by atoms with Crippen LogP contribution in [0.2, 0.25) is 0 Å². The lowest BCUT2D eigenvalue weighted by molar-refractivity contribution is 0.102. The average molecular weight is 383 g/mol. The number of methoxy groups -OCH3 is 1. The second-order valence-corrected chi connectivity index (χ2v) is 8.64. The van der Waals surface area contributed by atoms with Gasteiger partial charge in [-0.1, -0.05) is 0 Å². The smallest absolute Gasteiger partial charge is 0.257 e. The number of nitrogens with zero attached hydrogens (tertiary/aromatic N) is 1. The zero-order valence-electron chi connectivity index (χ0n) is 14.7. The van der Waals surface area contributed by atoms with E-state index in [1.165, 1.54) is 36.6 Å². The van der Waals surface area contributed by atoms with Gasteiger partial charge in [0.25, 0.3) is 5.91 Å². The summed E-state index contributed by atoms with van der Waals surface area (Å²) < 4.78 is 32.6. The third-order valence-corrected chi connectivity index (χ3v) is 6.02. The van der Waals surface area contributed by atoms with Gasteiger partial charge < -0.3 is 4.74 Å². The Balaban J connectivity index is 2.36. The molecule has 2 rings (SSSR count). The summed E-state index contributed by atoms with van der Waals surface area (Å²) in [5.74, 6) is -0.261. The van der Waals surface area contributed by atoms with Crippen molar-refractivity contribution >= 4 is 32.4 Å². The second-order valence-electron chi connectivity index (χ2n) is 5.76. The molecule has 25 heavy (non-hydrogen) atoms. The second kappa shape index (κ2) is 7.51. The van der Waals surface area contributed by atoms with Crippen LogP contribution in [0.15, 0.2) is 23.1 Å². The number of anilines is 1. The number of ether oxygens (including phenoxy) is 1. The maximum atomic E-state index is 12.5. The Labute approximate surface area is 151 Å². The summed E-state index contributed by atoms with van der Waals surface area (Å²) in [6.07, 6.45) is 0. The highest BCUT2D eigenvalue weighted by Crippen LogP contribution is 2.26. The number of thiazole rings is 1. The lowest BCUT2D eigenvalue weighted by Gasteiger charge is -2.14. The first kappa shape index (κ1) is 19.4. The number of benzene rings is 1. The highest BCUT2D eigenvalue weighted by molar-refractivity contribution is 7.89. The van der Waals surface area contributed by atoms with Crippen molar-refractivity contribution in [2.75, 3.05) is 12.4 Å². The van der Waals surface area contributed by atoms with Crippen LogP contribution in [0.25, 0.3) is 0 Å². The number of amides is 1. The van der Waals surface area contributed by atoms with Crippen LogP contribution in [0.1, 0.15) is 34.8 Å². The number of nitrogens with one attached hydrogen (secondary N) is 2. The largest absolute Gasteiger partial charge is 0.495 e. The first-order valence-corrected chi connectivity index (χ1v) is 9.89. The maximum Gasteiger partial charge on any atom is 0.257 e. The van der Waals surface area contributed by atoms with Gasteiger partial charge in [0.15, 0.2) is 5.13 Å². The molecule has 1 heterocycles. The molecular weight excluding hydrogens is 362 g/mol. The van der Waals surface area contributed by atoms with E-state index in [1.54, 1.807) is 13.8 Å². The molecule has 2 aromatic rings. The maximum absolute atomic E-state index is 12.5. The van der Waals surface area contributed by atoms with Crippen LogP contribution < -0.4 is 14.8 Å². The summed E-state index contributed by atoms with van der Waals surface area (Å²) in [7, 11) is -2.42. The molecular formula is C16H21N3O4S2. The summed E-state index contributed by atoms with van der Waals surface area (Å²) >= 11 is 1.36.